The zero-order valence-corrected chi connectivity index (χ0v) is 12.1. The summed E-state index contributed by atoms with van der Waals surface area (Å²) in [5.74, 6) is 1.76. The van der Waals surface area contributed by atoms with E-state index in [-0.39, 0.29) is 17.0 Å². The number of amides is 1. The van der Waals surface area contributed by atoms with Gasteiger partial charge >= 0.3 is 5.97 Å². The van der Waals surface area contributed by atoms with Gasteiger partial charge in [0.25, 0.3) is 0 Å². The molecular formula is C16H23NO3. The van der Waals surface area contributed by atoms with Crippen LogP contribution in [0.5, 0.6) is 0 Å². The number of esters is 1. The number of nitrogens with one attached hydrogen (secondary N) is 1. The number of rotatable bonds is 4. The molecule has 0 spiro atoms. The van der Waals surface area contributed by atoms with Gasteiger partial charge in [0, 0.05) is 12.3 Å². The number of carbonyl (C=O) groups is 2. The first-order chi connectivity index (χ1) is 9.46. The van der Waals surface area contributed by atoms with Crippen LogP contribution in [0.25, 0.3) is 0 Å². The average molecular weight is 277 g/mol. The molecule has 4 rings (SSSR count). The number of ether oxygens (including phenoxy) is 1. The molecule has 0 aromatic heterocycles. The van der Waals surface area contributed by atoms with Gasteiger partial charge < -0.3 is 10.1 Å². The summed E-state index contributed by atoms with van der Waals surface area (Å²) in [5, 5.41) is 2.39. The van der Waals surface area contributed by atoms with Gasteiger partial charge in [-0.25, -0.2) is 4.79 Å². The minimum absolute atomic E-state index is 0.0437. The quantitative estimate of drug-likeness (QED) is 0.634. The van der Waals surface area contributed by atoms with Crippen LogP contribution in [0.2, 0.25) is 0 Å². The summed E-state index contributed by atoms with van der Waals surface area (Å²) in [6, 6.07) is 0. The van der Waals surface area contributed by atoms with Crippen LogP contribution in [0, 0.1) is 23.2 Å². The highest BCUT2D eigenvalue weighted by atomic mass is 16.5. The molecule has 4 aliphatic carbocycles. The monoisotopic (exact) mass is 277 g/mol. The van der Waals surface area contributed by atoms with Gasteiger partial charge in [-0.15, -0.1) is 0 Å². The van der Waals surface area contributed by atoms with Crippen LogP contribution in [0.3, 0.4) is 0 Å². The lowest BCUT2D eigenvalue weighted by molar-refractivity contribution is -0.151. The molecule has 0 aromatic rings. The Balaban J connectivity index is 1.57. The van der Waals surface area contributed by atoms with E-state index in [1.807, 2.05) is 0 Å². The summed E-state index contributed by atoms with van der Waals surface area (Å²) in [6.45, 7) is 5.41. The first kappa shape index (κ1) is 13.7. The lowest BCUT2D eigenvalue weighted by Crippen LogP contribution is -2.48. The highest BCUT2D eigenvalue weighted by molar-refractivity contribution is 5.92. The summed E-state index contributed by atoms with van der Waals surface area (Å²) in [6.07, 6.45) is 7.76. The summed E-state index contributed by atoms with van der Waals surface area (Å²) >= 11 is 0. The Morgan fingerprint density at radius 2 is 1.65 bits per heavy atom. The first-order valence-electron chi connectivity index (χ1n) is 7.59. The molecule has 0 saturated heterocycles. The molecule has 1 amide bonds. The van der Waals surface area contributed by atoms with Crippen molar-refractivity contribution in [3.8, 4) is 0 Å². The predicted octanol–water partition coefficient (Wildman–Crippen LogP) is 2.40. The maximum atomic E-state index is 11.8. The second-order valence-electron chi connectivity index (χ2n) is 7.15. The fraction of sp³-hybridized carbons (Fsp3) is 0.750. The van der Waals surface area contributed by atoms with Gasteiger partial charge in [-0.2, -0.15) is 0 Å². The van der Waals surface area contributed by atoms with Gasteiger partial charge in [-0.05, 0) is 56.3 Å². The Morgan fingerprint density at radius 3 is 2.10 bits per heavy atom. The van der Waals surface area contributed by atoms with Crippen molar-refractivity contribution in [1.82, 2.24) is 5.32 Å². The van der Waals surface area contributed by atoms with Crippen molar-refractivity contribution < 1.29 is 14.3 Å². The molecule has 110 valence electrons. The molecule has 4 saturated carbocycles. The third-order valence-corrected chi connectivity index (χ3v) is 5.25. The molecule has 0 aliphatic heterocycles. The fourth-order valence-corrected chi connectivity index (χ4v) is 5.04. The maximum Gasteiger partial charge on any atom is 0.354 e. The SMILES string of the molecule is C=C(NC(C)=O)C(=O)OCC12CC3CC(CC(C3)C1)C2. The Morgan fingerprint density at radius 1 is 1.15 bits per heavy atom. The first-order valence-corrected chi connectivity index (χ1v) is 7.59. The van der Waals surface area contributed by atoms with Crippen LogP contribution in [-0.4, -0.2) is 18.5 Å². The van der Waals surface area contributed by atoms with Crippen LogP contribution < -0.4 is 5.32 Å². The van der Waals surface area contributed by atoms with Crippen molar-refractivity contribution in [2.45, 2.75) is 45.4 Å². The standard InChI is InChI=1S/C16H23NO3/c1-10(17-11(2)18)15(19)20-9-16-6-12-3-13(7-16)5-14(4-12)8-16/h12-14H,1,3-9H2,2H3,(H,17,18). The average Bonchev–Trinajstić information content (AvgIpc) is 2.33. The Labute approximate surface area is 119 Å². The third-order valence-electron chi connectivity index (χ3n) is 5.25. The van der Waals surface area contributed by atoms with Gasteiger partial charge in [0.2, 0.25) is 5.91 Å². The molecule has 4 fully saturated rings. The van der Waals surface area contributed by atoms with E-state index >= 15 is 0 Å². The highest BCUT2D eigenvalue weighted by Gasteiger charge is 2.51. The molecule has 4 heteroatoms. The minimum atomic E-state index is -0.490. The third kappa shape index (κ3) is 2.60. The maximum absolute atomic E-state index is 11.8. The molecule has 0 heterocycles. The van der Waals surface area contributed by atoms with E-state index in [2.05, 4.69) is 11.9 Å². The number of carbonyl (C=O) groups excluding carboxylic acids is 2. The lowest BCUT2D eigenvalue weighted by atomic mass is 9.50. The zero-order valence-electron chi connectivity index (χ0n) is 12.1. The molecule has 1 N–H and O–H groups in total. The largest absolute Gasteiger partial charge is 0.460 e. The van der Waals surface area contributed by atoms with E-state index in [4.69, 9.17) is 4.74 Å². The molecule has 0 aromatic carbocycles. The molecule has 4 aliphatic rings. The van der Waals surface area contributed by atoms with Crippen molar-refractivity contribution >= 4 is 11.9 Å². The Bertz CT molecular complexity index is 419. The smallest absolute Gasteiger partial charge is 0.354 e. The second kappa shape index (κ2) is 4.90. The Hall–Kier alpha value is -1.32. The van der Waals surface area contributed by atoms with E-state index < -0.39 is 5.97 Å². The van der Waals surface area contributed by atoms with Crippen molar-refractivity contribution in [3.63, 3.8) is 0 Å². The summed E-state index contributed by atoms with van der Waals surface area (Å²) < 4.78 is 5.44. The highest BCUT2D eigenvalue weighted by Crippen LogP contribution is 2.60. The topological polar surface area (TPSA) is 55.4 Å². The van der Waals surface area contributed by atoms with Crippen LogP contribution >= 0.6 is 0 Å². The molecular weight excluding hydrogens is 254 g/mol. The van der Waals surface area contributed by atoms with E-state index in [0.29, 0.717) is 6.61 Å². The minimum Gasteiger partial charge on any atom is -0.460 e. The van der Waals surface area contributed by atoms with E-state index in [1.165, 1.54) is 45.4 Å². The predicted molar refractivity (Wildman–Crippen MR) is 74.5 cm³/mol. The molecule has 4 bridgehead atoms. The van der Waals surface area contributed by atoms with Crippen LogP contribution in [0.4, 0.5) is 0 Å². The van der Waals surface area contributed by atoms with Crippen LogP contribution in [0.1, 0.15) is 45.4 Å². The van der Waals surface area contributed by atoms with Gasteiger partial charge in [-0.3, -0.25) is 4.79 Å². The zero-order chi connectivity index (χ0) is 14.3. The summed E-state index contributed by atoms with van der Waals surface area (Å²) in [4.78, 5) is 22.7. The molecule has 20 heavy (non-hydrogen) atoms. The van der Waals surface area contributed by atoms with E-state index in [9.17, 15) is 9.59 Å². The van der Waals surface area contributed by atoms with Crippen molar-refractivity contribution in [2.75, 3.05) is 6.61 Å². The van der Waals surface area contributed by atoms with E-state index in [0.717, 1.165) is 17.8 Å². The van der Waals surface area contributed by atoms with Gasteiger partial charge in [0.05, 0.1) is 6.61 Å². The number of hydrogen-bond acceptors (Lipinski definition) is 3. The van der Waals surface area contributed by atoms with Crippen LogP contribution in [0.15, 0.2) is 12.3 Å². The lowest BCUT2D eigenvalue weighted by Gasteiger charge is -2.56. The molecule has 0 atom stereocenters. The molecule has 0 unspecified atom stereocenters. The van der Waals surface area contributed by atoms with Crippen LogP contribution in [-0.2, 0) is 14.3 Å². The summed E-state index contributed by atoms with van der Waals surface area (Å²) in [5.41, 5.74) is 0.253. The van der Waals surface area contributed by atoms with Gasteiger partial charge in [0.15, 0.2) is 0 Å². The molecule has 0 radical (unpaired) electrons. The van der Waals surface area contributed by atoms with Gasteiger partial charge in [0.1, 0.15) is 5.70 Å². The summed E-state index contributed by atoms with van der Waals surface area (Å²) in [7, 11) is 0. The van der Waals surface area contributed by atoms with Gasteiger partial charge in [-0.1, -0.05) is 6.58 Å². The Kier molecular flexibility index (Phi) is 3.35. The molecule has 4 nitrogen and oxygen atoms in total. The normalized spacial score (nSPS) is 37.5. The van der Waals surface area contributed by atoms with Crippen molar-refractivity contribution in [2.24, 2.45) is 23.2 Å². The van der Waals surface area contributed by atoms with Crippen molar-refractivity contribution in [1.29, 1.82) is 0 Å². The fourth-order valence-electron chi connectivity index (χ4n) is 5.04. The van der Waals surface area contributed by atoms with Crippen molar-refractivity contribution in [3.05, 3.63) is 12.3 Å². The van der Waals surface area contributed by atoms with E-state index in [1.54, 1.807) is 0 Å². The number of hydrogen-bond donors (Lipinski definition) is 1. The second-order valence-corrected chi connectivity index (χ2v) is 7.15.